The first-order valence-corrected chi connectivity index (χ1v) is 4.79. The zero-order valence-corrected chi connectivity index (χ0v) is 8.16. The van der Waals surface area contributed by atoms with Gasteiger partial charge in [-0.1, -0.05) is 0 Å². The van der Waals surface area contributed by atoms with E-state index < -0.39 is 0 Å². The van der Waals surface area contributed by atoms with Crippen LogP contribution in [-0.2, 0) is 9.53 Å². The van der Waals surface area contributed by atoms with Gasteiger partial charge in [-0.05, 0) is 25.9 Å². The second-order valence-corrected chi connectivity index (χ2v) is 3.32. The predicted octanol–water partition coefficient (Wildman–Crippen LogP) is -0.157. The molecule has 1 fully saturated rings. The molecule has 1 aliphatic heterocycles. The maximum absolute atomic E-state index is 10.8. The van der Waals surface area contributed by atoms with Crippen molar-refractivity contribution in [1.29, 1.82) is 0 Å². The van der Waals surface area contributed by atoms with Gasteiger partial charge < -0.3 is 15.0 Å². The number of ether oxygens (including phenoxy) is 1. The first-order valence-electron chi connectivity index (χ1n) is 4.79. The van der Waals surface area contributed by atoms with E-state index in [1.807, 2.05) is 4.90 Å². The van der Waals surface area contributed by atoms with Crippen LogP contribution >= 0.6 is 0 Å². The van der Waals surface area contributed by atoms with Gasteiger partial charge in [-0.3, -0.25) is 4.79 Å². The number of methoxy groups -OCH3 is 1. The van der Waals surface area contributed by atoms with Crippen molar-refractivity contribution in [3.8, 4) is 0 Å². The van der Waals surface area contributed by atoms with Gasteiger partial charge in [0.2, 0.25) is 6.41 Å². The average molecular weight is 186 g/mol. The lowest BCUT2D eigenvalue weighted by atomic mass is 10.1. The number of piperidine rings is 1. The van der Waals surface area contributed by atoms with E-state index in [-0.39, 0.29) is 0 Å². The van der Waals surface area contributed by atoms with E-state index in [2.05, 4.69) is 5.32 Å². The Morgan fingerprint density at radius 3 is 2.77 bits per heavy atom. The topological polar surface area (TPSA) is 41.6 Å². The van der Waals surface area contributed by atoms with Gasteiger partial charge in [-0.15, -0.1) is 0 Å². The highest BCUT2D eigenvalue weighted by atomic mass is 16.5. The van der Waals surface area contributed by atoms with Crippen molar-refractivity contribution in [2.45, 2.75) is 18.9 Å². The minimum atomic E-state index is 0.411. The summed E-state index contributed by atoms with van der Waals surface area (Å²) in [6, 6.07) is 0.411. The molecule has 0 spiro atoms. The van der Waals surface area contributed by atoms with Crippen molar-refractivity contribution in [2.24, 2.45) is 0 Å². The summed E-state index contributed by atoms with van der Waals surface area (Å²) in [5.74, 6) is 0. The summed E-state index contributed by atoms with van der Waals surface area (Å²) in [4.78, 5) is 12.6. The zero-order valence-electron chi connectivity index (χ0n) is 8.16. The molecule has 4 nitrogen and oxygen atoms in total. The van der Waals surface area contributed by atoms with Gasteiger partial charge in [0.25, 0.3) is 0 Å². The van der Waals surface area contributed by atoms with Gasteiger partial charge in [0.15, 0.2) is 0 Å². The molecule has 1 amide bonds. The first-order chi connectivity index (χ1) is 6.38. The highest BCUT2D eigenvalue weighted by Crippen LogP contribution is 2.09. The Kier molecular flexibility index (Phi) is 4.78. The Labute approximate surface area is 79.2 Å². The quantitative estimate of drug-likeness (QED) is 0.607. The van der Waals surface area contributed by atoms with Gasteiger partial charge in [0.05, 0.1) is 6.61 Å². The minimum absolute atomic E-state index is 0.411. The molecule has 0 aromatic rings. The van der Waals surface area contributed by atoms with Crippen LogP contribution in [0.5, 0.6) is 0 Å². The number of rotatable bonds is 5. The third-order valence-corrected chi connectivity index (χ3v) is 2.47. The van der Waals surface area contributed by atoms with Crippen LogP contribution in [0.25, 0.3) is 0 Å². The molecule has 1 heterocycles. The molecule has 0 aromatic carbocycles. The summed E-state index contributed by atoms with van der Waals surface area (Å²) >= 11 is 0. The molecule has 0 bridgehead atoms. The number of carbonyl (C=O) groups is 1. The molecule has 0 atom stereocenters. The van der Waals surface area contributed by atoms with Crippen molar-refractivity contribution < 1.29 is 9.53 Å². The smallest absolute Gasteiger partial charge is 0.210 e. The van der Waals surface area contributed by atoms with E-state index in [9.17, 15) is 4.79 Å². The largest absolute Gasteiger partial charge is 0.383 e. The van der Waals surface area contributed by atoms with Gasteiger partial charge in [0.1, 0.15) is 0 Å². The molecule has 1 aliphatic rings. The lowest BCUT2D eigenvalue weighted by Crippen LogP contribution is -2.43. The highest BCUT2D eigenvalue weighted by molar-refractivity contribution is 5.47. The van der Waals surface area contributed by atoms with Crippen LogP contribution in [0, 0.1) is 0 Å². The molecule has 13 heavy (non-hydrogen) atoms. The predicted molar refractivity (Wildman–Crippen MR) is 50.5 cm³/mol. The number of carbonyl (C=O) groups excluding carboxylic acids is 1. The average Bonchev–Trinajstić information content (AvgIpc) is 2.21. The number of hydrogen-bond donors (Lipinski definition) is 1. The molecule has 0 unspecified atom stereocenters. The summed E-state index contributed by atoms with van der Waals surface area (Å²) in [5.41, 5.74) is 0. The fraction of sp³-hybridized carbons (Fsp3) is 0.889. The SMILES string of the molecule is COCCN(C=O)C1CCNCC1. The van der Waals surface area contributed by atoms with E-state index in [0.29, 0.717) is 19.2 Å². The standard InChI is InChI=1S/C9H18N2O2/c1-13-7-6-11(8-12)9-2-4-10-5-3-9/h8-10H,2-7H2,1H3. The monoisotopic (exact) mass is 186 g/mol. The maximum atomic E-state index is 10.8. The maximum Gasteiger partial charge on any atom is 0.210 e. The third kappa shape index (κ3) is 3.32. The van der Waals surface area contributed by atoms with E-state index in [1.54, 1.807) is 7.11 Å². The zero-order chi connectivity index (χ0) is 9.52. The van der Waals surface area contributed by atoms with Gasteiger partial charge in [-0.25, -0.2) is 0 Å². The van der Waals surface area contributed by atoms with E-state index in [0.717, 1.165) is 32.3 Å². The molecule has 0 saturated carbocycles. The van der Waals surface area contributed by atoms with Crippen LogP contribution in [-0.4, -0.2) is 50.7 Å². The van der Waals surface area contributed by atoms with Crippen LogP contribution in [0.15, 0.2) is 0 Å². The Morgan fingerprint density at radius 1 is 1.54 bits per heavy atom. The van der Waals surface area contributed by atoms with Crippen LogP contribution in [0.3, 0.4) is 0 Å². The summed E-state index contributed by atoms with van der Waals surface area (Å²) in [6.07, 6.45) is 3.06. The number of hydrogen-bond acceptors (Lipinski definition) is 3. The third-order valence-electron chi connectivity index (χ3n) is 2.47. The fourth-order valence-corrected chi connectivity index (χ4v) is 1.66. The molecule has 76 valence electrons. The Morgan fingerprint density at radius 2 is 2.23 bits per heavy atom. The molecule has 1 N–H and O–H groups in total. The van der Waals surface area contributed by atoms with Crippen molar-refractivity contribution >= 4 is 6.41 Å². The highest BCUT2D eigenvalue weighted by Gasteiger charge is 2.18. The van der Waals surface area contributed by atoms with Crippen LogP contribution in [0.4, 0.5) is 0 Å². The lowest BCUT2D eigenvalue weighted by molar-refractivity contribution is -0.121. The summed E-state index contributed by atoms with van der Waals surface area (Å²) in [7, 11) is 1.66. The molecule has 0 aromatic heterocycles. The molecule has 0 aliphatic carbocycles. The number of nitrogens with one attached hydrogen (secondary N) is 1. The number of nitrogens with zero attached hydrogens (tertiary/aromatic N) is 1. The Hall–Kier alpha value is -0.610. The first kappa shape index (κ1) is 10.5. The van der Waals surface area contributed by atoms with Gasteiger partial charge in [-0.2, -0.15) is 0 Å². The minimum Gasteiger partial charge on any atom is -0.383 e. The summed E-state index contributed by atoms with van der Waals surface area (Å²) in [6.45, 7) is 3.37. The van der Waals surface area contributed by atoms with E-state index in [4.69, 9.17) is 4.74 Å². The molecule has 4 heteroatoms. The molecular formula is C9H18N2O2. The summed E-state index contributed by atoms with van der Waals surface area (Å²) in [5, 5.41) is 3.28. The normalized spacial score (nSPS) is 18.5. The molecule has 1 saturated heterocycles. The van der Waals surface area contributed by atoms with Crippen molar-refractivity contribution in [1.82, 2.24) is 10.2 Å². The van der Waals surface area contributed by atoms with Gasteiger partial charge >= 0.3 is 0 Å². The van der Waals surface area contributed by atoms with Crippen molar-refractivity contribution in [3.05, 3.63) is 0 Å². The summed E-state index contributed by atoms with van der Waals surface area (Å²) < 4.78 is 4.95. The van der Waals surface area contributed by atoms with Crippen LogP contribution < -0.4 is 5.32 Å². The van der Waals surface area contributed by atoms with Gasteiger partial charge in [0, 0.05) is 19.7 Å². The van der Waals surface area contributed by atoms with E-state index in [1.165, 1.54) is 0 Å². The van der Waals surface area contributed by atoms with Crippen LogP contribution in [0.1, 0.15) is 12.8 Å². The lowest BCUT2D eigenvalue weighted by Gasteiger charge is -2.31. The Bertz CT molecular complexity index is 147. The fourth-order valence-electron chi connectivity index (χ4n) is 1.66. The van der Waals surface area contributed by atoms with E-state index >= 15 is 0 Å². The molecule has 0 radical (unpaired) electrons. The van der Waals surface area contributed by atoms with Crippen molar-refractivity contribution in [2.75, 3.05) is 33.4 Å². The Balaban J connectivity index is 2.30. The van der Waals surface area contributed by atoms with Crippen LogP contribution in [0.2, 0.25) is 0 Å². The molecule has 1 rings (SSSR count). The number of amides is 1. The van der Waals surface area contributed by atoms with Crippen molar-refractivity contribution in [3.63, 3.8) is 0 Å². The molecular weight excluding hydrogens is 168 g/mol. The second-order valence-electron chi connectivity index (χ2n) is 3.32. The second kappa shape index (κ2) is 5.94.